The number of nitrogens with zero attached hydrogens (tertiary/aromatic N) is 2. The third kappa shape index (κ3) is 4.24. The Morgan fingerprint density at radius 3 is 2.48 bits per heavy atom. The van der Waals surface area contributed by atoms with E-state index in [1.54, 1.807) is 29.9 Å². The van der Waals surface area contributed by atoms with Crippen LogP contribution in [0.15, 0.2) is 53.3 Å². The number of methoxy groups -OCH3 is 1. The number of nitro groups is 1. The summed E-state index contributed by atoms with van der Waals surface area (Å²) in [6.07, 6.45) is 1.70. The second kappa shape index (κ2) is 7.88. The van der Waals surface area contributed by atoms with Crippen molar-refractivity contribution < 1.29 is 9.66 Å². The molecule has 3 aromatic rings. The predicted molar refractivity (Wildman–Crippen MR) is 107 cm³/mol. The van der Waals surface area contributed by atoms with E-state index in [1.165, 1.54) is 23.5 Å². The molecular weight excluding hydrogens is 366 g/mol. The molecule has 0 atom stereocenters. The molecule has 0 amide bonds. The molecule has 8 heteroatoms. The van der Waals surface area contributed by atoms with Crippen LogP contribution in [0, 0.1) is 10.1 Å². The van der Waals surface area contributed by atoms with E-state index < -0.39 is 4.92 Å². The van der Waals surface area contributed by atoms with Crippen molar-refractivity contribution in [2.75, 3.05) is 12.4 Å². The number of benzene rings is 2. The monoisotopic (exact) mass is 383 g/mol. The molecular formula is C19H17N3O4S. The highest BCUT2D eigenvalue weighted by atomic mass is 32.1. The van der Waals surface area contributed by atoms with Crippen LogP contribution in [0.4, 0.5) is 11.4 Å². The van der Waals surface area contributed by atoms with Crippen molar-refractivity contribution in [3.8, 4) is 5.75 Å². The summed E-state index contributed by atoms with van der Waals surface area (Å²) in [5.74, 6) is 0.756. The Kier molecular flexibility index (Phi) is 5.37. The Hall–Kier alpha value is -3.39. The lowest BCUT2D eigenvalue weighted by molar-refractivity contribution is -0.384. The Balaban J connectivity index is 1.82. The zero-order valence-electron chi connectivity index (χ0n) is 14.5. The first-order valence-electron chi connectivity index (χ1n) is 8.00. The van der Waals surface area contributed by atoms with Gasteiger partial charge in [0.25, 0.3) is 11.2 Å². The van der Waals surface area contributed by atoms with Crippen LogP contribution in [-0.2, 0) is 6.67 Å². The van der Waals surface area contributed by atoms with E-state index in [1.807, 2.05) is 24.3 Å². The van der Waals surface area contributed by atoms with Gasteiger partial charge in [-0.05, 0) is 48.0 Å². The molecule has 1 aromatic heterocycles. The van der Waals surface area contributed by atoms with Crippen LogP contribution in [0.5, 0.6) is 5.75 Å². The van der Waals surface area contributed by atoms with Crippen molar-refractivity contribution >= 4 is 35.4 Å². The predicted octanol–water partition coefficient (Wildman–Crippen LogP) is 2.14. The van der Waals surface area contributed by atoms with Crippen LogP contribution in [-0.4, -0.2) is 16.6 Å². The topological polar surface area (TPSA) is 86.4 Å². The van der Waals surface area contributed by atoms with Crippen molar-refractivity contribution in [3.05, 3.63) is 83.8 Å². The smallest absolute Gasteiger partial charge is 0.270 e. The molecule has 0 radical (unpaired) electrons. The van der Waals surface area contributed by atoms with Crippen molar-refractivity contribution in [2.45, 2.75) is 6.67 Å². The Morgan fingerprint density at radius 2 is 1.89 bits per heavy atom. The lowest BCUT2D eigenvalue weighted by Crippen LogP contribution is -2.33. The summed E-state index contributed by atoms with van der Waals surface area (Å²) in [6, 6.07) is 13.4. The van der Waals surface area contributed by atoms with Gasteiger partial charge in [-0.3, -0.25) is 19.5 Å². The summed E-state index contributed by atoms with van der Waals surface area (Å²) in [7, 11) is 1.60. The van der Waals surface area contributed by atoms with Crippen LogP contribution in [0.1, 0.15) is 5.56 Å². The summed E-state index contributed by atoms with van der Waals surface area (Å²) in [5, 5.41) is 13.9. The zero-order chi connectivity index (χ0) is 19.4. The SMILES string of the molecule is C=c1s/c(=C/c2ccc([N+](=O)[O-])cc2)c(=O)n1CNc1ccc(OC)cc1. The molecule has 2 aromatic carbocycles. The molecule has 1 N–H and O–H groups in total. The number of aromatic nitrogens is 1. The van der Waals surface area contributed by atoms with E-state index in [4.69, 9.17) is 4.74 Å². The fourth-order valence-corrected chi connectivity index (χ4v) is 3.35. The molecule has 27 heavy (non-hydrogen) atoms. The maximum absolute atomic E-state index is 12.6. The number of nitrogens with one attached hydrogen (secondary N) is 1. The first-order chi connectivity index (χ1) is 13.0. The van der Waals surface area contributed by atoms with E-state index in [-0.39, 0.29) is 17.9 Å². The minimum Gasteiger partial charge on any atom is -0.497 e. The number of rotatable bonds is 6. The Labute approximate surface area is 158 Å². The van der Waals surface area contributed by atoms with Crippen LogP contribution >= 0.6 is 11.3 Å². The summed E-state index contributed by atoms with van der Waals surface area (Å²) in [4.78, 5) is 22.9. The summed E-state index contributed by atoms with van der Waals surface area (Å²) < 4.78 is 7.80. The van der Waals surface area contributed by atoms with Crippen molar-refractivity contribution in [2.24, 2.45) is 0 Å². The number of hydrogen-bond acceptors (Lipinski definition) is 6. The van der Waals surface area contributed by atoms with Crippen molar-refractivity contribution in [1.82, 2.24) is 4.57 Å². The molecule has 0 aliphatic rings. The first kappa shape index (κ1) is 18.4. The third-order valence-corrected chi connectivity index (χ3v) is 4.89. The van der Waals surface area contributed by atoms with Gasteiger partial charge in [-0.1, -0.05) is 6.58 Å². The Bertz CT molecular complexity index is 1120. The van der Waals surface area contributed by atoms with Gasteiger partial charge in [-0.15, -0.1) is 11.3 Å². The van der Waals surface area contributed by atoms with Crippen LogP contribution in [0.3, 0.4) is 0 Å². The molecule has 138 valence electrons. The van der Waals surface area contributed by atoms with Gasteiger partial charge >= 0.3 is 0 Å². The molecule has 0 unspecified atom stereocenters. The first-order valence-corrected chi connectivity index (χ1v) is 8.82. The fraction of sp³-hybridized carbons (Fsp3) is 0.105. The summed E-state index contributed by atoms with van der Waals surface area (Å²) in [5.41, 5.74) is 1.42. The minimum absolute atomic E-state index is 0.0114. The van der Waals surface area contributed by atoms with Crippen molar-refractivity contribution in [3.63, 3.8) is 0 Å². The highest BCUT2D eigenvalue weighted by Gasteiger charge is 2.05. The van der Waals surface area contributed by atoms with Gasteiger partial charge in [0.1, 0.15) is 5.75 Å². The molecule has 0 fully saturated rings. The lowest BCUT2D eigenvalue weighted by Gasteiger charge is -2.07. The largest absolute Gasteiger partial charge is 0.497 e. The van der Waals surface area contributed by atoms with Gasteiger partial charge in [0.15, 0.2) is 0 Å². The highest BCUT2D eigenvalue weighted by molar-refractivity contribution is 7.07. The molecule has 0 aliphatic heterocycles. The number of hydrogen-bond donors (Lipinski definition) is 1. The quantitative estimate of drug-likeness (QED) is 0.521. The van der Waals surface area contributed by atoms with E-state index in [0.29, 0.717) is 14.8 Å². The molecule has 3 rings (SSSR count). The zero-order valence-corrected chi connectivity index (χ0v) is 15.4. The van der Waals surface area contributed by atoms with E-state index in [0.717, 1.165) is 11.4 Å². The summed E-state index contributed by atoms with van der Waals surface area (Å²) >= 11 is 1.28. The Morgan fingerprint density at radius 1 is 1.22 bits per heavy atom. The number of nitro benzene ring substituents is 1. The third-order valence-electron chi connectivity index (χ3n) is 3.92. The normalized spacial score (nSPS) is 11.4. The van der Waals surface area contributed by atoms with Gasteiger partial charge in [-0.2, -0.15) is 0 Å². The van der Waals surface area contributed by atoms with Crippen LogP contribution < -0.4 is 24.8 Å². The molecule has 0 spiro atoms. The molecule has 7 nitrogen and oxygen atoms in total. The second-order valence-electron chi connectivity index (χ2n) is 5.65. The van der Waals surface area contributed by atoms with Crippen molar-refractivity contribution in [1.29, 1.82) is 0 Å². The fourth-order valence-electron chi connectivity index (χ4n) is 2.45. The van der Waals surface area contributed by atoms with E-state index in [2.05, 4.69) is 11.9 Å². The van der Waals surface area contributed by atoms with E-state index >= 15 is 0 Å². The van der Waals surface area contributed by atoms with Gasteiger partial charge < -0.3 is 10.1 Å². The standard InChI is InChI=1S/C19H17N3O4S/c1-13-21(12-20-15-5-9-17(26-2)10-6-15)19(23)18(27-13)11-14-3-7-16(8-4-14)22(24)25/h3-11,20H,1,12H2,2H3/b18-11+. The van der Waals surface area contributed by atoms with Gasteiger partial charge in [0.05, 0.1) is 27.9 Å². The number of non-ortho nitro benzene ring substituents is 1. The lowest BCUT2D eigenvalue weighted by atomic mass is 10.2. The van der Waals surface area contributed by atoms with Gasteiger partial charge in [0, 0.05) is 17.8 Å². The molecule has 0 saturated heterocycles. The molecule has 0 bridgehead atoms. The molecule has 0 aliphatic carbocycles. The second-order valence-corrected chi connectivity index (χ2v) is 6.76. The summed E-state index contributed by atoms with van der Waals surface area (Å²) in [6.45, 7) is 4.22. The van der Waals surface area contributed by atoms with Gasteiger partial charge in [-0.25, -0.2) is 0 Å². The van der Waals surface area contributed by atoms with Crippen LogP contribution in [0.2, 0.25) is 0 Å². The maximum atomic E-state index is 12.6. The number of thiazole rings is 1. The number of ether oxygens (including phenoxy) is 1. The number of anilines is 1. The molecule has 0 saturated carbocycles. The van der Waals surface area contributed by atoms with E-state index in [9.17, 15) is 14.9 Å². The molecule has 1 heterocycles. The minimum atomic E-state index is -0.458. The van der Waals surface area contributed by atoms with Gasteiger partial charge in [0.2, 0.25) is 0 Å². The average molecular weight is 383 g/mol. The van der Waals surface area contributed by atoms with Crippen LogP contribution in [0.25, 0.3) is 12.7 Å². The maximum Gasteiger partial charge on any atom is 0.270 e. The highest BCUT2D eigenvalue weighted by Crippen LogP contribution is 2.15. The average Bonchev–Trinajstić information content (AvgIpc) is 2.94.